The van der Waals surface area contributed by atoms with Gasteiger partial charge in [0, 0.05) is 4.47 Å². The molecule has 0 fully saturated rings. The zero-order valence-electron chi connectivity index (χ0n) is 15.7. The maximum absolute atomic E-state index is 12.1. The maximum Gasteiger partial charge on any atom is 0.344 e. The second kappa shape index (κ2) is 8.91. The standard InChI is InChI=1S/C19H18BrN3O6/c1-3-26-19(25)15-10(2)29-18-16(15)17(21)22-13(23-18)8-28-14(24)9-27-12-6-4-5-11(20)7-12/h4-7H,3,8-9H2,1-2H3,(H2,21,22,23). The molecule has 0 saturated carbocycles. The Bertz CT molecular complexity index is 1070. The van der Waals surface area contributed by atoms with Gasteiger partial charge >= 0.3 is 11.9 Å². The number of furan rings is 1. The largest absolute Gasteiger partial charge is 0.482 e. The Morgan fingerprint density at radius 2 is 2.03 bits per heavy atom. The number of carbonyl (C=O) groups is 2. The van der Waals surface area contributed by atoms with Crippen molar-refractivity contribution in [2.24, 2.45) is 0 Å². The topological polar surface area (TPSA) is 127 Å². The lowest BCUT2D eigenvalue weighted by Crippen LogP contribution is -2.16. The van der Waals surface area contributed by atoms with Crippen LogP contribution in [0.15, 0.2) is 33.2 Å². The van der Waals surface area contributed by atoms with Gasteiger partial charge in [0.05, 0.1) is 12.0 Å². The summed E-state index contributed by atoms with van der Waals surface area (Å²) in [5, 5.41) is 0.272. The number of rotatable bonds is 7. The predicted octanol–water partition coefficient (Wildman–Crippen LogP) is 3.17. The minimum absolute atomic E-state index is 0.0336. The molecule has 0 atom stereocenters. The molecule has 29 heavy (non-hydrogen) atoms. The minimum atomic E-state index is -0.602. The zero-order chi connectivity index (χ0) is 21.0. The highest BCUT2D eigenvalue weighted by atomic mass is 79.9. The minimum Gasteiger partial charge on any atom is -0.482 e. The molecular weight excluding hydrogens is 446 g/mol. The molecular formula is C19H18BrN3O6. The summed E-state index contributed by atoms with van der Waals surface area (Å²) in [5.41, 5.74) is 6.28. The quantitative estimate of drug-likeness (QED) is 0.525. The number of esters is 2. The van der Waals surface area contributed by atoms with Gasteiger partial charge < -0.3 is 24.4 Å². The van der Waals surface area contributed by atoms with Gasteiger partial charge in [-0.3, -0.25) is 0 Å². The fraction of sp³-hybridized carbons (Fsp3) is 0.263. The number of anilines is 1. The maximum atomic E-state index is 12.1. The number of aryl methyl sites for hydroxylation is 1. The Morgan fingerprint density at radius 1 is 1.24 bits per heavy atom. The first kappa shape index (κ1) is 20.6. The van der Waals surface area contributed by atoms with E-state index in [2.05, 4.69) is 25.9 Å². The summed E-state index contributed by atoms with van der Waals surface area (Å²) in [5.74, 6) is -0.161. The van der Waals surface area contributed by atoms with Gasteiger partial charge in [-0.2, -0.15) is 4.98 Å². The third kappa shape index (κ3) is 4.83. The summed E-state index contributed by atoms with van der Waals surface area (Å²) in [6.07, 6.45) is 0. The molecule has 3 rings (SSSR count). The number of ether oxygens (including phenoxy) is 3. The number of carbonyl (C=O) groups excluding carboxylic acids is 2. The molecule has 0 bridgehead atoms. The number of benzene rings is 1. The van der Waals surface area contributed by atoms with Crippen LogP contribution in [0.1, 0.15) is 28.9 Å². The lowest BCUT2D eigenvalue weighted by atomic mass is 10.2. The van der Waals surface area contributed by atoms with Crippen molar-refractivity contribution in [3.8, 4) is 5.75 Å². The normalized spacial score (nSPS) is 10.7. The van der Waals surface area contributed by atoms with Crippen LogP contribution in [-0.4, -0.2) is 35.1 Å². The Labute approximate surface area is 174 Å². The zero-order valence-corrected chi connectivity index (χ0v) is 17.3. The fourth-order valence-corrected chi connectivity index (χ4v) is 2.96. The van der Waals surface area contributed by atoms with E-state index in [1.54, 1.807) is 32.0 Å². The number of nitrogen functional groups attached to an aromatic ring is 1. The monoisotopic (exact) mass is 463 g/mol. The average Bonchev–Trinajstić information content (AvgIpc) is 3.01. The van der Waals surface area contributed by atoms with E-state index in [1.807, 2.05) is 6.07 Å². The van der Waals surface area contributed by atoms with Crippen LogP contribution >= 0.6 is 15.9 Å². The van der Waals surface area contributed by atoms with Crippen molar-refractivity contribution < 1.29 is 28.2 Å². The SMILES string of the molecule is CCOC(=O)c1c(C)oc2nc(COC(=O)COc3cccc(Br)c3)nc(N)c12. The first-order chi connectivity index (χ1) is 13.9. The molecule has 3 aromatic rings. The Balaban J connectivity index is 1.67. The van der Waals surface area contributed by atoms with Crippen molar-refractivity contribution in [2.45, 2.75) is 20.5 Å². The molecule has 0 spiro atoms. The van der Waals surface area contributed by atoms with Crippen LogP contribution in [0.3, 0.4) is 0 Å². The van der Waals surface area contributed by atoms with Crippen molar-refractivity contribution >= 4 is 44.8 Å². The van der Waals surface area contributed by atoms with E-state index in [9.17, 15) is 9.59 Å². The summed E-state index contributed by atoms with van der Waals surface area (Å²) in [6, 6.07) is 7.07. The van der Waals surface area contributed by atoms with Gasteiger partial charge in [-0.15, -0.1) is 0 Å². The smallest absolute Gasteiger partial charge is 0.344 e. The number of nitrogens with two attached hydrogens (primary N) is 1. The fourth-order valence-electron chi connectivity index (χ4n) is 2.58. The van der Waals surface area contributed by atoms with E-state index in [-0.39, 0.29) is 48.1 Å². The third-order valence-corrected chi connectivity index (χ3v) is 4.29. The molecule has 1 aromatic carbocycles. The molecule has 0 radical (unpaired) electrons. The lowest BCUT2D eigenvalue weighted by Gasteiger charge is -2.07. The van der Waals surface area contributed by atoms with Gasteiger partial charge in [0.2, 0.25) is 5.71 Å². The summed E-state index contributed by atoms with van der Waals surface area (Å²) >= 11 is 3.32. The van der Waals surface area contributed by atoms with Gasteiger partial charge in [-0.05, 0) is 32.0 Å². The van der Waals surface area contributed by atoms with Gasteiger partial charge in [0.1, 0.15) is 22.9 Å². The van der Waals surface area contributed by atoms with Crippen LogP contribution in [-0.2, 0) is 20.9 Å². The highest BCUT2D eigenvalue weighted by molar-refractivity contribution is 9.10. The Hall–Kier alpha value is -3.14. The van der Waals surface area contributed by atoms with Crippen LogP contribution in [0.25, 0.3) is 11.1 Å². The summed E-state index contributed by atoms with van der Waals surface area (Å²) in [6.45, 7) is 3.01. The molecule has 0 unspecified atom stereocenters. The van der Waals surface area contributed by atoms with Crippen LogP contribution in [0, 0.1) is 6.92 Å². The van der Waals surface area contributed by atoms with E-state index < -0.39 is 11.9 Å². The third-order valence-electron chi connectivity index (χ3n) is 3.80. The van der Waals surface area contributed by atoms with Crippen LogP contribution in [0.2, 0.25) is 0 Å². The lowest BCUT2D eigenvalue weighted by molar-refractivity contribution is -0.147. The molecule has 0 aliphatic rings. The molecule has 152 valence electrons. The Morgan fingerprint density at radius 3 is 2.76 bits per heavy atom. The first-order valence-corrected chi connectivity index (χ1v) is 9.45. The van der Waals surface area contributed by atoms with Gasteiger partial charge in [-0.25, -0.2) is 14.6 Å². The second-order valence-electron chi connectivity index (χ2n) is 5.87. The number of aromatic nitrogens is 2. The molecule has 9 nitrogen and oxygen atoms in total. The summed E-state index contributed by atoms with van der Waals surface area (Å²) < 4.78 is 21.8. The van der Waals surface area contributed by atoms with E-state index in [0.717, 1.165) is 4.47 Å². The number of hydrogen-bond donors (Lipinski definition) is 1. The van der Waals surface area contributed by atoms with Crippen molar-refractivity contribution in [3.05, 3.63) is 45.9 Å². The van der Waals surface area contributed by atoms with Crippen LogP contribution < -0.4 is 10.5 Å². The number of fused-ring (bicyclic) bond motifs is 1. The van der Waals surface area contributed by atoms with Gasteiger partial charge in [0.15, 0.2) is 19.0 Å². The van der Waals surface area contributed by atoms with Gasteiger partial charge in [0.25, 0.3) is 0 Å². The van der Waals surface area contributed by atoms with E-state index >= 15 is 0 Å². The summed E-state index contributed by atoms with van der Waals surface area (Å²) in [7, 11) is 0. The van der Waals surface area contributed by atoms with Crippen molar-refractivity contribution in [1.29, 1.82) is 0 Å². The molecule has 0 aliphatic carbocycles. The first-order valence-electron chi connectivity index (χ1n) is 8.65. The molecule has 0 saturated heterocycles. The van der Waals surface area contributed by atoms with Crippen molar-refractivity contribution in [2.75, 3.05) is 18.9 Å². The van der Waals surface area contributed by atoms with Crippen LogP contribution in [0.4, 0.5) is 5.82 Å². The number of nitrogens with zero attached hydrogens (tertiary/aromatic N) is 2. The van der Waals surface area contributed by atoms with Crippen LogP contribution in [0.5, 0.6) is 5.75 Å². The molecule has 2 N–H and O–H groups in total. The summed E-state index contributed by atoms with van der Waals surface area (Å²) in [4.78, 5) is 32.3. The van der Waals surface area contributed by atoms with Crippen molar-refractivity contribution in [1.82, 2.24) is 9.97 Å². The van der Waals surface area contributed by atoms with Gasteiger partial charge in [-0.1, -0.05) is 22.0 Å². The highest BCUT2D eigenvalue weighted by Gasteiger charge is 2.24. The molecule has 0 amide bonds. The van der Waals surface area contributed by atoms with Crippen molar-refractivity contribution in [3.63, 3.8) is 0 Å². The number of hydrogen-bond acceptors (Lipinski definition) is 9. The molecule has 10 heteroatoms. The average molecular weight is 464 g/mol. The van der Waals surface area contributed by atoms with E-state index in [1.165, 1.54) is 0 Å². The molecule has 0 aliphatic heterocycles. The molecule has 2 heterocycles. The highest BCUT2D eigenvalue weighted by Crippen LogP contribution is 2.29. The number of halogens is 1. The molecule has 2 aromatic heterocycles. The second-order valence-corrected chi connectivity index (χ2v) is 6.78. The van der Waals surface area contributed by atoms with E-state index in [0.29, 0.717) is 11.5 Å². The van der Waals surface area contributed by atoms with E-state index in [4.69, 9.17) is 24.4 Å². The Kier molecular flexibility index (Phi) is 6.32. The predicted molar refractivity (Wildman–Crippen MR) is 106 cm³/mol.